The minimum atomic E-state index is -1.00. The third kappa shape index (κ3) is 4.24. The SMILES string of the molecule is COc1ccc(NC(=O)[C@H](C)OC(=O)c2cccc(C)c2N)cc1OC. The number of carbonyl (C=O) groups is 2. The quantitative estimate of drug-likeness (QED) is 0.608. The lowest BCUT2D eigenvalue weighted by Gasteiger charge is -2.15. The average Bonchev–Trinajstić information content (AvgIpc) is 2.63. The zero-order valence-corrected chi connectivity index (χ0v) is 15.2. The molecule has 0 aliphatic carbocycles. The molecular formula is C19H22N2O5. The number of aryl methyl sites for hydroxylation is 1. The van der Waals surface area contributed by atoms with E-state index in [1.807, 2.05) is 0 Å². The summed E-state index contributed by atoms with van der Waals surface area (Å²) in [6.45, 7) is 3.28. The van der Waals surface area contributed by atoms with Crippen LogP contribution in [0.1, 0.15) is 22.8 Å². The van der Waals surface area contributed by atoms with Crippen molar-refractivity contribution in [3.8, 4) is 11.5 Å². The first-order valence-electron chi connectivity index (χ1n) is 7.96. The van der Waals surface area contributed by atoms with Gasteiger partial charge in [0.2, 0.25) is 0 Å². The van der Waals surface area contributed by atoms with Gasteiger partial charge in [-0.1, -0.05) is 12.1 Å². The number of anilines is 2. The van der Waals surface area contributed by atoms with Crippen LogP contribution in [0.5, 0.6) is 11.5 Å². The van der Waals surface area contributed by atoms with Gasteiger partial charge in [-0.2, -0.15) is 0 Å². The number of benzene rings is 2. The van der Waals surface area contributed by atoms with Crippen molar-refractivity contribution < 1.29 is 23.8 Å². The molecule has 0 unspecified atom stereocenters. The number of hydrogen-bond donors (Lipinski definition) is 2. The van der Waals surface area contributed by atoms with Gasteiger partial charge in [0.15, 0.2) is 17.6 Å². The normalized spacial score (nSPS) is 11.4. The van der Waals surface area contributed by atoms with Crippen LogP contribution >= 0.6 is 0 Å². The third-order valence-corrected chi connectivity index (χ3v) is 3.85. The van der Waals surface area contributed by atoms with Crippen LogP contribution in [0.15, 0.2) is 36.4 Å². The maximum absolute atomic E-state index is 12.3. The molecule has 0 radical (unpaired) electrons. The number of carbonyl (C=O) groups excluding carboxylic acids is 2. The monoisotopic (exact) mass is 358 g/mol. The number of rotatable bonds is 6. The molecule has 3 N–H and O–H groups in total. The lowest BCUT2D eigenvalue weighted by atomic mass is 10.1. The number of esters is 1. The van der Waals surface area contributed by atoms with Gasteiger partial charge in [0.1, 0.15) is 0 Å². The topological polar surface area (TPSA) is 99.9 Å². The highest BCUT2D eigenvalue weighted by Crippen LogP contribution is 2.29. The predicted molar refractivity (Wildman–Crippen MR) is 98.6 cm³/mol. The van der Waals surface area contributed by atoms with Gasteiger partial charge in [-0.25, -0.2) is 4.79 Å². The van der Waals surface area contributed by atoms with E-state index in [-0.39, 0.29) is 5.56 Å². The maximum atomic E-state index is 12.3. The van der Waals surface area contributed by atoms with E-state index < -0.39 is 18.0 Å². The number of amides is 1. The molecule has 1 amide bonds. The highest BCUT2D eigenvalue weighted by atomic mass is 16.5. The summed E-state index contributed by atoms with van der Waals surface area (Å²) in [4.78, 5) is 24.5. The fourth-order valence-electron chi connectivity index (χ4n) is 2.29. The van der Waals surface area contributed by atoms with Gasteiger partial charge in [0, 0.05) is 17.4 Å². The van der Waals surface area contributed by atoms with Crippen LogP contribution in [0.3, 0.4) is 0 Å². The number of methoxy groups -OCH3 is 2. The molecule has 0 fully saturated rings. The summed E-state index contributed by atoms with van der Waals surface area (Å²) in [6, 6.07) is 9.99. The lowest BCUT2D eigenvalue weighted by molar-refractivity contribution is -0.123. The third-order valence-electron chi connectivity index (χ3n) is 3.85. The number of para-hydroxylation sites is 1. The Morgan fingerprint density at radius 1 is 1.08 bits per heavy atom. The Bertz CT molecular complexity index is 820. The zero-order valence-electron chi connectivity index (χ0n) is 15.2. The molecule has 0 aliphatic rings. The van der Waals surface area contributed by atoms with Crippen molar-refractivity contribution in [1.29, 1.82) is 0 Å². The van der Waals surface area contributed by atoms with E-state index in [2.05, 4.69) is 5.32 Å². The van der Waals surface area contributed by atoms with Gasteiger partial charge in [0.05, 0.1) is 19.8 Å². The number of ether oxygens (including phenoxy) is 3. The molecule has 0 bridgehead atoms. The van der Waals surface area contributed by atoms with Crippen LogP contribution in [0.2, 0.25) is 0 Å². The van der Waals surface area contributed by atoms with E-state index in [1.165, 1.54) is 21.1 Å². The molecular weight excluding hydrogens is 336 g/mol. The first kappa shape index (κ1) is 19.1. The Morgan fingerprint density at radius 3 is 2.42 bits per heavy atom. The summed E-state index contributed by atoms with van der Waals surface area (Å²) in [6.07, 6.45) is -1.00. The highest BCUT2D eigenvalue weighted by molar-refractivity contribution is 5.99. The smallest absolute Gasteiger partial charge is 0.341 e. The summed E-state index contributed by atoms with van der Waals surface area (Å²) in [5.41, 5.74) is 7.72. The molecule has 26 heavy (non-hydrogen) atoms. The van der Waals surface area contributed by atoms with E-state index in [0.29, 0.717) is 22.9 Å². The van der Waals surface area contributed by atoms with Crippen LogP contribution in [-0.2, 0) is 9.53 Å². The Labute approximate surface area is 152 Å². The molecule has 2 aromatic rings. The second kappa shape index (κ2) is 8.24. The van der Waals surface area contributed by atoms with Gasteiger partial charge in [0.25, 0.3) is 5.91 Å². The fourth-order valence-corrected chi connectivity index (χ4v) is 2.29. The zero-order chi connectivity index (χ0) is 19.3. The molecule has 0 saturated carbocycles. The van der Waals surface area contributed by atoms with Crippen molar-refractivity contribution in [2.45, 2.75) is 20.0 Å². The number of nitrogen functional groups attached to an aromatic ring is 1. The number of nitrogens with one attached hydrogen (secondary N) is 1. The molecule has 7 heteroatoms. The van der Waals surface area contributed by atoms with Crippen molar-refractivity contribution in [1.82, 2.24) is 0 Å². The van der Waals surface area contributed by atoms with Gasteiger partial charge in [-0.05, 0) is 37.6 Å². The van der Waals surface area contributed by atoms with E-state index in [9.17, 15) is 9.59 Å². The van der Waals surface area contributed by atoms with Crippen molar-refractivity contribution in [3.63, 3.8) is 0 Å². The van der Waals surface area contributed by atoms with Crippen molar-refractivity contribution in [2.75, 3.05) is 25.3 Å². The van der Waals surface area contributed by atoms with Crippen LogP contribution in [0.25, 0.3) is 0 Å². The second-order valence-electron chi connectivity index (χ2n) is 5.64. The average molecular weight is 358 g/mol. The Kier molecular flexibility index (Phi) is 6.06. The lowest BCUT2D eigenvalue weighted by Crippen LogP contribution is -2.30. The standard InChI is InChI=1S/C19H22N2O5/c1-11-6-5-7-14(17(11)20)19(23)26-12(2)18(22)21-13-8-9-15(24-3)16(10-13)25-4/h5-10,12H,20H2,1-4H3,(H,21,22)/t12-/m0/s1. The summed E-state index contributed by atoms with van der Waals surface area (Å²) in [7, 11) is 3.02. The molecule has 0 heterocycles. The van der Waals surface area contributed by atoms with E-state index in [4.69, 9.17) is 19.9 Å². The van der Waals surface area contributed by atoms with Crippen molar-refractivity contribution in [2.24, 2.45) is 0 Å². The molecule has 0 aromatic heterocycles. The van der Waals surface area contributed by atoms with Gasteiger partial charge in [-0.3, -0.25) is 4.79 Å². The Hall–Kier alpha value is -3.22. The van der Waals surface area contributed by atoms with Gasteiger partial charge >= 0.3 is 5.97 Å². The van der Waals surface area contributed by atoms with E-state index >= 15 is 0 Å². The maximum Gasteiger partial charge on any atom is 0.341 e. The minimum Gasteiger partial charge on any atom is -0.493 e. The molecule has 0 saturated heterocycles. The Morgan fingerprint density at radius 2 is 1.77 bits per heavy atom. The highest BCUT2D eigenvalue weighted by Gasteiger charge is 2.21. The van der Waals surface area contributed by atoms with Crippen LogP contribution in [0, 0.1) is 6.92 Å². The summed E-state index contributed by atoms with van der Waals surface area (Å²) < 4.78 is 15.6. The fraction of sp³-hybridized carbons (Fsp3) is 0.263. The van der Waals surface area contributed by atoms with E-state index in [1.54, 1.807) is 43.3 Å². The molecule has 1 atom stereocenters. The van der Waals surface area contributed by atoms with Gasteiger partial charge in [-0.15, -0.1) is 0 Å². The first-order chi connectivity index (χ1) is 12.4. The number of nitrogens with two attached hydrogens (primary N) is 1. The molecule has 2 aromatic carbocycles. The molecule has 2 rings (SSSR count). The Balaban J connectivity index is 2.05. The second-order valence-corrected chi connectivity index (χ2v) is 5.64. The van der Waals surface area contributed by atoms with Crippen LogP contribution in [0.4, 0.5) is 11.4 Å². The summed E-state index contributed by atoms with van der Waals surface area (Å²) in [5.74, 6) is -0.111. The summed E-state index contributed by atoms with van der Waals surface area (Å²) >= 11 is 0. The number of hydrogen-bond acceptors (Lipinski definition) is 6. The largest absolute Gasteiger partial charge is 0.493 e. The van der Waals surface area contributed by atoms with E-state index in [0.717, 1.165) is 5.56 Å². The summed E-state index contributed by atoms with van der Waals surface area (Å²) in [5, 5.41) is 2.67. The van der Waals surface area contributed by atoms with Crippen LogP contribution in [-0.4, -0.2) is 32.2 Å². The molecule has 7 nitrogen and oxygen atoms in total. The van der Waals surface area contributed by atoms with Crippen LogP contribution < -0.4 is 20.5 Å². The molecule has 0 aliphatic heterocycles. The first-order valence-corrected chi connectivity index (χ1v) is 7.96. The minimum absolute atomic E-state index is 0.232. The van der Waals surface area contributed by atoms with Gasteiger partial charge < -0.3 is 25.3 Å². The molecule has 0 spiro atoms. The van der Waals surface area contributed by atoms with Crippen molar-refractivity contribution in [3.05, 3.63) is 47.5 Å². The predicted octanol–water partition coefficient (Wildman–Crippen LogP) is 2.78. The molecule has 138 valence electrons. The van der Waals surface area contributed by atoms with Crippen molar-refractivity contribution >= 4 is 23.3 Å².